The van der Waals surface area contributed by atoms with Gasteiger partial charge in [0.05, 0.1) is 23.1 Å². The normalized spacial score (nSPS) is 11.2. The molecular formula is C15H9ClF3N. The largest absolute Gasteiger partial charge is 0.417 e. The first-order valence-electron chi connectivity index (χ1n) is 5.75. The lowest BCUT2D eigenvalue weighted by molar-refractivity contribution is -0.137. The van der Waals surface area contributed by atoms with Crippen LogP contribution in [0.2, 0.25) is 5.02 Å². The van der Waals surface area contributed by atoms with E-state index >= 15 is 0 Å². The van der Waals surface area contributed by atoms with E-state index in [4.69, 9.17) is 16.9 Å². The minimum absolute atomic E-state index is 0.300. The van der Waals surface area contributed by atoms with Crippen molar-refractivity contribution in [2.75, 3.05) is 0 Å². The van der Waals surface area contributed by atoms with E-state index in [1.54, 1.807) is 24.3 Å². The van der Waals surface area contributed by atoms with E-state index in [-0.39, 0.29) is 5.02 Å². The second-order valence-corrected chi connectivity index (χ2v) is 4.63. The number of nitriles is 1. The number of hydrogen-bond acceptors (Lipinski definition) is 1. The summed E-state index contributed by atoms with van der Waals surface area (Å²) in [5.74, 6) is 0. The molecule has 0 aliphatic rings. The van der Waals surface area contributed by atoms with Crippen LogP contribution in [0.5, 0.6) is 0 Å². The number of nitrogens with zero attached hydrogens (tertiary/aromatic N) is 1. The van der Waals surface area contributed by atoms with Gasteiger partial charge in [0.1, 0.15) is 0 Å². The van der Waals surface area contributed by atoms with Gasteiger partial charge in [0.2, 0.25) is 0 Å². The molecule has 1 nitrogen and oxygen atoms in total. The van der Waals surface area contributed by atoms with Crippen LogP contribution in [0.4, 0.5) is 13.2 Å². The lowest BCUT2D eigenvalue weighted by atomic mass is 10.0. The number of benzene rings is 2. The van der Waals surface area contributed by atoms with Crippen molar-refractivity contribution in [3.63, 3.8) is 0 Å². The molecule has 0 amide bonds. The lowest BCUT2D eigenvalue weighted by Crippen LogP contribution is -2.05. The third-order valence-electron chi connectivity index (χ3n) is 2.84. The smallest absolute Gasteiger partial charge is 0.198 e. The number of rotatable bonds is 2. The molecule has 0 spiro atoms. The zero-order valence-corrected chi connectivity index (χ0v) is 11.0. The fourth-order valence-corrected chi connectivity index (χ4v) is 2.12. The maximum absolute atomic E-state index is 12.6. The number of alkyl halides is 3. The van der Waals surface area contributed by atoms with Crippen LogP contribution >= 0.6 is 11.6 Å². The van der Waals surface area contributed by atoms with E-state index in [1.807, 2.05) is 6.07 Å². The van der Waals surface area contributed by atoms with E-state index in [0.29, 0.717) is 12.0 Å². The van der Waals surface area contributed by atoms with E-state index in [2.05, 4.69) is 0 Å². The molecule has 102 valence electrons. The Bertz CT molecular complexity index is 654. The zero-order valence-electron chi connectivity index (χ0n) is 10.2. The summed E-state index contributed by atoms with van der Waals surface area (Å²) in [4.78, 5) is 0. The molecule has 0 fully saturated rings. The van der Waals surface area contributed by atoms with Gasteiger partial charge in [-0.1, -0.05) is 41.9 Å². The van der Waals surface area contributed by atoms with Gasteiger partial charge in [0.25, 0.3) is 0 Å². The van der Waals surface area contributed by atoms with Crippen LogP contribution in [0, 0.1) is 11.3 Å². The summed E-state index contributed by atoms with van der Waals surface area (Å²) in [6, 6.07) is 12.7. The fraction of sp³-hybridized carbons (Fsp3) is 0.133. The van der Waals surface area contributed by atoms with Crippen molar-refractivity contribution < 1.29 is 13.2 Å². The number of hydrogen-bond donors (Lipinski definition) is 0. The predicted molar refractivity (Wildman–Crippen MR) is 71.2 cm³/mol. The van der Waals surface area contributed by atoms with Crippen molar-refractivity contribution in [1.82, 2.24) is 0 Å². The highest BCUT2D eigenvalue weighted by atomic mass is 35.5. The minimum Gasteiger partial charge on any atom is -0.198 e. The quantitative estimate of drug-likeness (QED) is 0.757. The maximum atomic E-state index is 12.6. The zero-order chi connectivity index (χ0) is 14.8. The maximum Gasteiger partial charge on any atom is 0.417 e. The van der Waals surface area contributed by atoms with Crippen LogP contribution in [0.15, 0.2) is 42.5 Å². The highest BCUT2D eigenvalue weighted by Crippen LogP contribution is 2.36. The molecule has 0 unspecified atom stereocenters. The van der Waals surface area contributed by atoms with Gasteiger partial charge in [-0.2, -0.15) is 18.4 Å². The molecule has 0 saturated heterocycles. The Morgan fingerprint density at radius 1 is 1.00 bits per heavy atom. The van der Waals surface area contributed by atoms with Gasteiger partial charge in [0.15, 0.2) is 0 Å². The summed E-state index contributed by atoms with van der Waals surface area (Å²) in [6.07, 6.45) is -4.15. The summed E-state index contributed by atoms with van der Waals surface area (Å²) in [5, 5.41) is 8.25. The van der Waals surface area contributed by atoms with Crippen molar-refractivity contribution in [3.8, 4) is 17.2 Å². The molecule has 0 aromatic heterocycles. The molecule has 0 saturated carbocycles. The molecule has 2 aromatic carbocycles. The molecule has 0 N–H and O–H groups in total. The molecule has 20 heavy (non-hydrogen) atoms. The van der Waals surface area contributed by atoms with Crippen molar-refractivity contribution in [3.05, 3.63) is 58.6 Å². The summed E-state index contributed by atoms with van der Waals surface area (Å²) in [6.45, 7) is 0. The average molecular weight is 296 g/mol. The van der Waals surface area contributed by atoms with E-state index in [1.165, 1.54) is 12.1 Å². The van der Waals surface area contributed by atoms with Gasteiger partial charge in [-0.25, -0.2) is 0 Å². The third kappa shape index (κ3) is 3.12. The van der Waals surface area contributed by atoms with E-state index in [0.717, 1.165) is 17.2 Å². The minimum atomic E-state index is -4.45. The van der Waals surface area contributed by atoms with Crippen LogP contribution in [0.1, 0.15) is 11.1 Å². The molecule has 5 heteroatoms. The van der Waals surface area contributed by atoms with Crippen molar-refractivity contribution in [2.45, 2.75) is 12.6 Å². The molecule has 0 radical (unpaired) electrons. The first-order valence-corrected chi connectivity index (χ1v) is 6.12. The van der Waals surface area contributed by atoms with Gasteiger partial charge in [0, 0.05) is 0 Å². The first kappa shape index (κ1) is 14.4. The Hall–Kier alpha value is -1.99. The van der Waals surface area contributed by atoms with Gasteiger partial charge >= 0.3 is 6.18 Å². The summed E-state index contributed by atoms with van der Waals surface area (Å²) >= 11 is 5.68. The Balaban J connectivity index is 2.35. The van der Waals surface area contributed by atoms with Crippen LogP contribution in [0.25, 0.3) is 11.1 Å². The standard InChI is InChI=1S/C15H9ClF3N/c16-14-9-12(5-6-13(14)15(17,18)19)11-3-1-10(2-4-11)7-8-20/h1-6,9H,7H2. The van der Waals surface area contributed by atoms with Crippen LogP contribution < -0.4 is 0 Å². The monoisotopic (exact) mass is 295 g/mol. The van der Waals surface area contributed by atoms with Gasteiger partial charge in [-0.3, -0.25) is 0 Å². The van der Waals surface area contributed by atoms with Gasteiger partial charge < -0.3 is 0 Å². The Kier molecular flexibility index (Phi) is 4.01. The summed E-state index contributed by atoms with van der Waals surface area (Å²) < 4.78 is 37.8. The topological polar surface area (TPSA) is 23.8 Å². The fourth-order valence-electron chi connectivity index (χ4n) is 1.83. The Labute approximate surface area is 119 Å². The van der Waals surface area contributed by atoms with Crippen molar-refractivity contribution >= 4 is 11.6 Å². The highest BCUT2D eigenvalue weighted by Gasteiger charge is 2.33. The van der Waals surface area contributed by atoms with Crippen LogP contribution in [-0.4, -0.2) is 0 Å². The molecule has 0 aliphatic heterocycles. The highest BCUT2D eigenvalue weighted by molar-refractivity contribution is 6.31. The van der Waals surface area contributed by atoms with Gasteiger partial charge in [-0.15, -0.1) is 0 Å². The van der Waals surface area contributed by atoms with Crippen LogP contribution in [-0.2, 0) is 12.6 Å². The molecule has 2 rings (SSSR count). The predicted octanol–water partition coefficient (Wildman–Crippen LogP) is 5.09. The summed E-state index contributed by atoms with van der Waals surface area (Å²) in [5.41, 5.74) is 1.37. The Morgan fingerprint density at radius 3 is 2.10 bits per heavy atom. The second kappa shape index (κ2) is 5.56. The van der Waals surface area contributed by atoms with Gasteiger partial charge in [-0.05, 0) is 28.8 Å². The molecule has 0 aliphatic carbocycles. The Morgan fingerprint density at radius 2 is 1.60 bits per heavy atom. The average Bonchev–Trinajstić information content (AvgIpc) is 2.38. The SMILES string of the molecule is N#CCc1ccc(-c2ccc(C(F)(F)F)c(Cl)c2)cc1. The molecule has 0 bridgehead atoms. The molecule has 0 atom stereocenters. The lowest BCUT2D eigenvalue weighted by Gasteiger charge is -2.10. The number of halogens is 4. The van der Waals surface area contributed by atoms with E-state index in [9.17, 15) is 13.2 Å². The van der Waals surface area contributed by atoms with Crippen molar-refractivity contribution in [2.24, 2.45) is 0 Å². The summed E-state index contributed by atoms with van der Waals surface area (Å²) in [7, 11) is 0. The molecule has 0 heterocycles. The van der Waals surface area contributed by atoms with Crippen LogP contribution in [0.3, 0.4) is 0 Å². The molecule has 2 aromatic rings. The first-order chi connectivity index (χ1) is 9.41. The molecular weight excluding hydrogens is 287 g/mol. The third-order valence-corrected chi connectivity index (χ3v) is 3.16. The van der Waals surface area contributed by atoms with E-state index < -0.39 is 11.7 Å². The second-order valence-electron chi connectivity index (χ2n) is 4.22. The van der Waals surface area contributed by atoms with Crippen molar-refractivity contribution in [1.29, 1.82) is 5.26 Å².